The van der Waals surface area contributed by atoms with Crippen LogP contribution in [0.15, 0.2) is 0 Å². The van der Waals surface area contributed by atoms with Gasteiger partial charge in [0.25, 0.3) is 0 Å². The van der Waals surface area contributed by atoms with E-state index in [0.717, 1.165) is 12.8 Å². The third-order valence-electron chi connectivity index (χ3n) is 1.70. The highest BCUT2D eigenvalue weighted by Crippen LogP contribution is 2.17. The molecule has 0 heterocycles. The lowest BCUT2D eigenvalue weighted by molar-refractivity contribution is 0.471. The molecule has 0 saturated heterocycles. The Morgan fingerprint density at radius 2 is 2.33 bits per heavy atom. The summed E-state index contributed by atoms with van der Waals surface area (Å²) in [5, 5.41) is 0. The summed E-state index contributed by atoms with van der Waals surface area (Å²) in [7, 11) is 0. The molecule has 0 aliphatic heterocycles. The second-order valence-electron chi connectivity index (χ2n) is 3.13. The molecule has 1 aliphatic rings. The molecular weight excluding hydrogens is 110 g/mol. The fraction of sp³-hybridized carbons (Fsp3) is 0.750. The maximum absolute atomic E-state index is 5.77. The van der Waals surface area contributed by atoms with Crippen LogP contribution in [0.5, 0.6) is 0 Å². The number of hydrogen-bond donors (Lipinski definition) is 1. The van der Waals surface area contributed by atoms with Crippen molar-refractivity contribution in [3.8, 4) is 11.8 Å². The van der Waals surface area contributed by atoms with Crippen LogP contribution in [0.3, 0.4) is 0 Å². The highest BCUT2D eigenvalue weighted by molar-refractivity contribution is 5.19. The summed E-state index contributed by atoms with van der Waals surface area (Å²) < 4.78 is 0. The van der Waals surface area contributed by atoms with Gasteiger partial charge in [-0.3, -0.25) is 0 Å². The maximum Gasteiger partial charge on any atom is 0.0748 e. The Morgan fingerprint density at radius 3 is 2.67 bits per heavy atom. The van der Waals surface area contributed by atoms with Gasteiger partial charge >= 0.3 is 0 Å². The van der Waals surface area contributed by atoms with Gasteiger partial charge in [-0.05, 0) is 19.8 Å². The Hall–Kier alpha value is -0.480. The second-order valence-corrected chi connectivity index (χ2v) is 3.13. The highest BCUT2D eigenvalue weighted by atomic mass is 14.7. The minimum absolute atomic E-state index is 0.202. The topological polar surface area (TPSA) is 26.0 Å². The summed E-state index contributed by atoms with van der Waals surface area (Å²) in [6.07, 6.45) is 2.20. The molecule has 1 rings (SSSR count). The van der Waals surface area contributed by atoms with Crippen molar-refractivity contribution in [3.05, 3.63) is 0 Å². The van der Waals surface area contributed by atoms with Gasteiger partial charge in [0.05, 0.1) is 5.54 Å². The van der Waals surface area contributed by atoms with Crippen LogP contribution in [0.25, 0.3) is 0 Å². The van der Waals surface area contributed by atoms with E-state index in [0.29, 0.717) is 5.92 Å². The Labute approximate surface area is 56.6 Å². The molecule has 1 heteroatoms. The molecule has 0 saturated carbocycles. The average molecular weight is 123 g/mol. The molecule has 2 atom stereocenters. The smallest absolute Gasteiger partial charge is 0.0748 e. The molecule has 9 heavy (non-hydrogen) atoms. The van der Waals surface area contributed by atoms with Gasteiger partial charge in [0.2, 0.25) is 0 Å². The SMILES string of the molecule is CC1C#CC(C)(N)CC1. The van der Waals surface area contributed by atoms with Crippen LogP contribution < -0.4 is 5.73 Å². The van der Waals surface area contributed by atoms with Gasteiger partial charge in [-0.15, -0.1) is 0 Å². The summed E-state index contributed by atoms with van der Waals surface area (Å²) >= 11 is 0. The normalized spacial score (nSPS) is 41.4. The van der Waals surface area contributed by atoms with Crippen molar-refractivity contribution < 1.29 is 0 Å². The van der Waals surface area contributed by atoms with Crippen LogP contribution in [-0.2, 0) is 0 Å². The number of rotatable bonds is 0. The molecule has 1 aliphatic carbocycles. The van der Waals surface area contributed by atoms with Crippen molar-refractivity contribution >= 4 is 0 Å². The molecule has 50 valence electrons. The summed E-state index contributed by atoms with van der Waals surface area (Å²) in [6, 6.07) is 0. The van der Waals surface area contributed by atoms with E-state index >= 15 is 0 Å². The van der Waals surface area contributed by atoms with Crippen LogP contribution >= 0.6 is 0 Å². The second kappa shape index (κ2) is 2.04. The van der Waals surface area contributed by atoms with Gasteiger partial charge < -0.3 is 5.73 Å². The molecule has 0 aromatic carbocycles. The molecule has 1 nitrogen and oxygen atoms in total. The predicted molar refractivity (Wildman–Crippen MR) is 38.8 cm³/mol. The Kier molecular flexibility index (Phi) is 1.50. The average Bonchev–Trinajstić information content (AvgIpc) is 1.78. The zero-order chi connectivity index (χ0) is 6.91. The minimum Gasteiger partial charge on any atom is -0.315 e. The molecule has 0 amide bonds. The Bertz CT molecular complexity index is 159. The quantitative estimate of drug-likeness (QED) is 0.480. The molecular formula is C8H13N. The van der Waals surface area contributed by atoms with Crippen LogP contribution in [0.2, 0.25) is 0 Å². The molecule has 0 radical (unpaired) electrons. The molecule has 0 aromatic rings. The first kappa shape index (κ1) is 6.64. The zero-order valence-electron chi connectivity index (χ0n) is 6.07. The predicted octanol–water partition coefficient (Wildman–Crippen LogP) is 1.14. The molecule has 0 aromatic heterocycles. The lowest BCUT2D eigenvalue weighted by Gasteiger charge is -2.22. The van der Waals surface area contributed by atoms with E-state index < -0.39 is 0 Å². The third kappa shape index (κ3) is 1.73. The molecule has 0 fully saturated rings. The summed E-state index contributed by atoms with van der Waals surface area (Å²) in [5.74, 6) is 6.69. The first-order valence-corrected chi connectivity index (χ1v) is 3.42. The van der Waals surface area contributed by atoms with Crippen molar-refractivity contribution in [2.24, 2.45) is 11.7 Å². The standard InChI is InChI=1S/C8H13N/c1-7-3-5-8(2,9)6-4-7/h7H,3,5,9H2,1-2H3. The summed E-state index contributed by atoms with van der Waals surface area (Å²) in [4.78, 5) is 0. The van der Waals surface area contributed by atoms with Gasteiger partial charge in [0.15, 0.2) is 0 Å². The summed E-state index contributed by atoms with van der Waals surface area (Å²) in [6.45, 7) is 4.13. The van der Waals surface area contributed by atoms with E-state index in [1.165, 1.54) is 0 Å². The van der Waals surface area contributed by atoms with Crippen LogP contribution in [0.4, 0.5) is 0 Å². The first-order valence-electron chi connectivity index (χ1n) is 3.42. The van der Waals surface area contributed by atoms with Gasteiger partial charge in [0.1, 0.15) is 0 Å². The Balaban J connectivity index is 2.67. The summed E-state index contributed by atoms with van der Waals surface area (Å²) in [5.41, 5.74) is 5.56. The zero-order valence-corrected chi connectivity index (χ0v) is 6.07. The fourth-order valence-corrected chi connectivity index (χ4v) is 0.939. The van der Waals surface area contributed by atoms with Gasteiger partial charge in [0, 0.05) is 5.92 Å². The first-order chi connectivity index (χ1) is 4.10. The monoisotopic (exact) mass is 123 g/mol. The fourth-order valence-electron chi connectivity index (χ4n) is 0.939. The molecule has 2 unspecified atom stereocenters. The molecule has 2 N–H and O–H groups in total. The van der Waals surface area contributed by atoms with Crippen molar-refractivity contribution in [3.63, 3.8) is 0 Å². The van der Waals surface area contributed by atoms with Crippen molar-refractivity contribution in [2.45, 2.75) is 32.2 Å². The van der Waals surface area contributed by atoms with Crippen molar-refractivity contribution in [1.29, 1.82) is 0 Å². The van der Waals surface area contributed by atoms with Crippen LogP contribution in [0.1, 0.15) is 26.7 Å². The van der Waals surface area contributed by atoms with E-state index in [2.05, 4.69) is 18.8 Å². The minimum atomic E-state index is -0.202. The van der Waals surface area contributed by atoms with Crippen molar-refractivity contribution in [1.82, 2.24) is 0 Å². The third-order valence-corrected chi connectivity index (χ3v) is 1.70. The maximum atomic E-state index is 5.77. The lowest BCUT2D eigenvalue weighted by Crippen LogP contribution is -2.36. The van der Waals surface area contributed by atoms with E-state index in [-0.39, 0.29) is 5.54 Å². The molecule has 0 bridgehead atoms. The number of nitrogens with two attached hydrogens (primary N) is 1. The number of hydrogen-bond acceptors (Lipinski definition) is 1. The van der Waals surface area contributed by atoms with Gasteiger partial charge in [-0.25, -0.2) is 0 Å². The van der Waals surface area contributed by atoms with Crippen LogP contribution in [-0.4, -0.2) is 5.54 Å². The van der Waals surface area contributed by atoms with Gasteiger partial charge in [-0.2, -0.15) is 0 Å². The van der Waals surface area contributed by atoms with E-state index in [1.807, 2.05) is 6.92 Å². The van der Waals surface area contributed by atoms with E-state index in [9.17, 15) is 0 Å². The van der Waals surface area contributed by atoms with Crippen LogP contribution in [0, 0.1) is 17.8 Å². The molecule has 0 spiro atoms. The Morgan fingerprint density at radius 1 is 1.67 bits per heavy atom. The van der Waals surface area contributed by atoms with E-state index in [1.54, 1.807) is 0 Å². The van der Waals surface area contributed by atoms with Crippen molar-refractivity contribution in [2.75, 3.05) is 0 Å². The largest absolute Gasteiger partial charge is 0.315 e. The van der Waals surface area contributed by atoms with Gasteiger partial charge in [-0.1, -0.05) is 18.8 Å². The highest BCUT2D eigenvalue weighted by Gasteiger charge is 2.18. The van der Waals surface area contributed by atoms with E-state index in [4.69, 9.17) is 5.73 Å². The lowest BCUT2D eigenvalue weighted by atomic mass is 9.88.